The molecule has 0 aliphatic rings. The van der Waals surface area contributed by atoms with E-state index in [2.05, 4.69) is 5.10 Å². The molecule has 0 unspecified atom stereocenters. The average Bonchev–Trinajstić information content (AvgIpc) is 2.10. The molecule has 1 aromatic heterocycles. The van der Waals surface area contributed by atoms with Gasteiger partial charge in [0.1, 0.15) is 0 Å². The van der Waals surface area contributed by atoms with Gasteiger partial charge in [-0.15, -0.1) is 24.0 Å². The highest BCUT2D eigenvalue weighted by molar-refractivity contribution is 6.16. The number of rotatable bonds is 1. The van der Waals surface area contributed by atoms with Gasteiger partial charge < -0.3 is 0 Å². The number of hydrogen-bond donors (Lipinski definition) is 0. The summed E-state index contributed by atoms with van der Waals surface area (Å²) in [5.41, 5.74) is 2.13. The third-order valence-corrected chi connectivity index (χ3v) is 1.49. The second kappa shape index (κ2) is 3.84. The first-order valence-electron chi connectivity index (χ1n) is 2.79. The minimum atomic E-state index is 0. The van der Waals surface area contributed by atoms with Gasteiger partial charge in [0.2, 0.25) is 0 Å². The van der Waals surface area contributed by atoms with Crippen LogP contribution >= 0.6 is 24.0 Å². The normalized spacial score (nSPS) is 9.10. The highest BCUT2D eigenvalue weighted by Gasteiger charge is 1.98. The molecule has 0 bridgehead atoms. The number of aryl methyl sites for hydroxylation is 2. The maximum atomic E-state index is 5.57. The second-order valence-electron chi connectivity index (χ2n) is 2.07. The SMILES string of the molecule is Cc1cn(C)nc1CCl.Cl. The van der Waals surface area contributed by atoms with E-state index >= 15 is 0 Å². The molecule has 1 heterocycles. The lowest BCUT2D eigenvalue weighted by Crippen LogP contribution is -1.88. The van der Waals surface area contributed by atoms with Gasteiger partial charge in [0.25, 0.3) is 0 Å². The van der Waals surface area contributed by atoms with Crippen molar-refractivity contribution in [3.63, 3.8) is 0 Å². The van der Waals surface area contributed by atoms with Crippen LogP contribution in [0.1, 0.15) is 11.3 Å². The molecule has 0 saturated carbocycles. The molecule has 4 heteroatoms. The third-order valence-electron chi connectivity index (χ3n) is 1.24. The maximum Gasteiger partial charge on any atom is 0.0801 e. The van der Waals surface area contributed by atoms with E-state index in [0.717, 1.165) is 11.3 Å². The van der Waals surface area contributed by atoms with Crippen LogP contribution in [-0.2, 0) is 12.9 Å². The van der Waals surface area contributed by atoms with Gasteiger partial charge in [0.05, 0.1) is 11.6 Å². The Balaban J connectivity index is 0.000000810. The van der Waals surface area contributed by atoms with Gasteiger partial charge in [-0.25, -0.2) is 0 Å². The number of hydrogen-bond acceptors (Lipinski definition) is 1. The first-order chi connectivity index (χ1) is 4.24. The van der Waals surface area contributed by atoms with Gasteiger partial charge in [-0.05, 0) is 12.5 Å². The van der Waals surface area contributed by atoms with Crippen molar-refractivity contribution >= 4 is 24.0 Å². The molecular weight excluding hydrogens is 171 g/mol. The van der Waals surface area contributed by atoms with E-state index in [9.17, 15) is 0 Å². The molecule has 0 aliphatic carbocycles. The Morgan fingerprint density at radius 1 is 1.70 bits per heavy atom. The fourth-order valence-corrected chi connectivity index (χ4v) is 1.05. The van der Waals surface area contributed by atoms with E-state index in [1.54, 1.807) is 4.68 Å². The van der Waals surface area contributed by atoms with Crippen molar-refractivity contribution in [1.82, 2.24) is 9.78 Å². The van der Waals surface area contributed by atoms with E-state index in [1.165, 1.54) is 0 Å². The molecule has 0 saturated heterocycles. The van der Waals surface area contributed by atoms with Gasteiger partial charge in [-0.2, -0.15) is 5.10 Å². The Morgan fingerprint density at radius 2 is 2.30 bits per heavy atom. The summed E-state index contributed by atoms with van der Waals surface area (Å²) in [6.07, 6.45) is 1.96. The van der Waals surface area contributed by atoms with Crippen LogP contribution in [0.4, 0.5) is 0 Å². The predicted molar refractivity (Wildman–Crippen MR) is 44.8 cm³/mol. The highest BCUT2D eigenvalue weighted by atomic mass is 35.5. The summed E-state index contributed by atoms with van der Waals surface area (Å²) in [5.74, 6) is 0.507. The van der Waals surface area contributed by atoms with Gasteiger partial charge >= 0.3 is 0 Å². The van der Waals surface area contributed by atoms with E-state index in [0.29, 0.717) is 5.88 Å². The van der Waals surface area contributed by atoms with Gasteiger partial charge in [-0.3, -0.25) is 4.68 Å². The van der Waals surface area contributed by atoms with E-state index < -0.39 is 0 Å². The van der Waals surface area contributed by atoms with Crippen LogP contribution in [0.2, 0.25) is 0 Å². The zero-order valence-electron chi connectivity index (χ0n) is 5.97. The quantitative estimate of drug-likeness (QED) is 0.605. The first kappa shape index (κ1) is 9.79. The Labute approximate surface area is 71.6 Å². The molecule has 10 heavy (non-hydrogen) atoms. The summed E-state index contributed by atoms with van der Waals surface area (Å²) in [7, 11) is 1.89. The number of halogens is 2. The van der Waals surface area contributed by atoms with Crippen LogP contribution in [0.25, 0.3) is 0 Å². The number of nitrogens with zero attached hydrogens (tertiary/aromatic N) is 2. The molecule has 0 atom stereocenters. The Kier molecular flexibility index (Phi) is 3.76. The lowest BCUT2D eigenvalue weighted by molar-refractivity contribution is 0.754. The molecule has 0 aliphatic heterocycles. The standard InChI is InChI=1S/C6H9ClN2.ClH/c1-5-4-9(2)8-6(5)3-7;/h4H,3H2,1-2H3;1H. The lowest BCUT2D eigenvalue weighted by Gasteiger charge is -1.84. The van der Waals surface area contributed by atoms with Crippen LogP contribution in [0.5, 0.6) is 0 Å². The summed E-state index contributed by atoms with van der Waals surface area (Å²) in [4.78, 5) is 0. The maximum absolute atomic E-state index is 5.57. The summed E-state index contributed by atoms with van der Waals surface area (Å²) in [6, 6.07) is 0. The minimum absolute atomic E-state index is 0. The summed E-state index contributed by atoms with van der Waals surface area (Å²) < 4.78 is 1.77. The smallest absolute Gasteiger partial charge is 0.0801 e. The van der Waals surface area contributed by atoms with Crippen molar-refractivity contribution in [2.45, 2.75) is 12.8 Å². The Hall–Kier alpha value is -0.210. The fraction of sp³-hybridized carbons (Fsp3) is 0.500. The molecule has 1 rings (SSSR count). The molecular formula is C6H10Cl2N2. The van der Waals surface area contributed by atoms with Crippen LogP contribution in [0.3, 0.4) is 0 Å². The highest BCUT2D eigenvalue weighted by Crippen LogP contribution is 2.05. The topological polar surface area (TPSA) is 17.8 Å². The van der Waals surface area contributed by atoms with Gasteiger partial charge in [0, 0.05) is 13.2 Å². The molecule has 0 N–H and O–H groups in total. The van der Waals surface area contributed by atoms with Crippen molar-refractivity contribution in [3.05, 3.63) is 17.5 Å². The van der Waals surface area contributed by atoms with Crippen LogP contribution in [0, 0.1) is 6.92 Å². The largest absolute Gasteiger partial charge is 0.275 e. The molecule has 2 nitrogen and oxygen atoms in total. The summed E-state index contributed by atoms with van der Waals surface area (Å²) in [5, 5.41) is 4.11. The molecule has 0 fully saturated rings. The molecule has 0 amide bonds. The van der Waals surface area contributed by atoms with Crippen LogP contribution in [-0.4, -0.2) is 9.78 Å². The van der Waals surface area contributed by atoms with Crippen molar-refractivity contribution in [1.29, 1.82) is 0 Å². The van der Waals surface area contributed by atoms with E-state index in [1.807, 2.05) is 20.2 Å². The summed E-state index contributed by atoms with van der Waals surface area (Å²) in [6.45, 7) is 2.00. The predicted octanol–water partition coefficient (Wildman–Crippen LogP) is 1.89. The molecule has 58 valence electrons. The van der Waals surface area contributed by atoms with Crippen molar-refractivity contribution < 1.29 is 0 Å². The monoisotopic (exact) mass is 180 g/mol. The molecule has 0 radical (unpaired) electrons. The Morgan fingerprint density at radius 3 is 2.50 bits per heavy atom. The second-order valence-corrected chi connectivity index (χ2v) is 2.33. The van der Waals surface area contributed by atoms with Crippen LogP contribution < -0.4 is 0 Å². The van der Waals surface area contributed by atoms with Crippen LogP contribution in [0.15, 0.2) is 6.20 Å². The zero-order valence-corrected chi connectivity index (χ0v) is 7.54. The van der Waals surface area contributed by atoms with Gasteiger partial charge in [-0.1, -0.05) is 0 Å². The lowest BCUT2D eigenvalue weighted by atomic mass is 10.3. The van der Waals surface area contributed by atoms with E-state index in [4.69, 9.17) is 11.6 Å². The molecule has 1 aromatic rings. The Bertz CT molecular complexity index is 208. The van der Waals surface area contributed by atoms with Gasteiger partial charge in [0.15, 0.2) is 0 Å². The zero-order chi connectivity index (χ0) is 6.85. The number of alkyl halides is 1. The van der Waals surface area contributed by atoms with Crippen molar-refractivity contribution in [2.24, 2.45) is 7.05 Å². The summed E-state index contributed by atoms with van der Waals surface area (Å²) >= 11 is 5.57. The average molecular weight is 181 g/mol. The van der Waals surface area contributed by atoms with E-state index in [-0.39, 0.29) is 12.4 Å². The number of aromatic nitrogens is 2. The minimum Gasteiger partial charge on any atom is -0.275 e. The van der Waals surface area contributed by atoms with Crippen molar-refractivity contribution in [2.75, 3.05) is 0 Å². The van der Waals surface area contributed by atoms with Crippen molar-refractivity contribution in [3.8, 4) is 0 Å². The molecule has 0 spiro atoms. The molecule has 0 aromatic carbocycles. The first-order valence-corrected chi connectivity index (χ1v) is 3.32. The fourth-order valence-electron chi connectivity index (χ4n) is 0.785. The third kappa shape index (κ3) is 1.89.